The van der Waals surface area contributed by atoms with Crippen molar-refractivity contribution in [1.29, 1.82) is 0 Å². The van der Waals surface area contributed by atoms with Crippen LogP contribution in [0.1, 0.15) is 50.3 Å². The fraction of sp³-hybridized carbons (Fsp3) is 0.667. The van der Waals surface area contributed by atoms with Gasteiger partial charge in [0.1, 0.15) is 5.75 Å². The van der Waals surface area contributed by atoms with E-state index in [9.17, 15) is 0 Å². The Labute approximate surface area is 128 Å². The van der Waals surface area contributed by atoms with Crippen molar-refractivity contribution in [2.24, 2.45) is 5.92 Å². The van der Waals surface area contributed by atoms with Crippen LogP contribution in [0.4, 0.5) is 0 Å². The Morgan fingerprint density at radius 1 is 1.33 bits per heavy atom. The molecule has 1 aliphatic heterocycles. The molecule has 1 aliphatic carbocycles. The highest BCUT2D eigenvalue weighted by Crippen LogP contribution is 2.43. The quantitative estimate of drug-likeness (QED) is 0.833. The van der Waals surface area contributed by atoms with Crippen LogP contribution in [-0.4, -0.2) is 25.9 Å². The molecule has 0 saturated heterocycles. The minimum Gasteiger partial charge on any atom is -0.493 e. The van der Waals surface area contributed by atoms with Crippen LogP contribution in [0, 0.1) is 5.92 Å². The molecule has 2 unspecified atom stereocenters. The van der Waals surface area contributed by atoms with Crippen molar-refractivity contribution >= 4 is 0 Å². The number of nitrogens with one attached hydrogen (secondary N) is 1. The van der Waals surface area contributed by atoms with E-state index in [1.54, 1.807) is 0 Å². The lowest BCUT2D eigenvalue weighted by molar-refractivity contribution is 0.0181. The van der Waals surface area contributed by atoms with E-state index in [0.717, 1.165) is 38.3 Å². The van der Waals surface area contributed by atoms with E-state index < -0.39 is 0 Å². The minimum atomic E-state index is 0.246. The van der Waals surface area contributed by atoms with Crippen molar-refractivity contribution < 1.29 is 9.47 Å². The molecule has 1 heterocycles. The number of rotatable bonds is 7. The van der Waals surface area contributed by atoms with Gasteiger partial charge in [-0.15, -0.1) is 0 Å². The van der Waals surface area contributed by atoms with Gasteiger partial charge in [0, 0.05) is 12.2 Å². The number of likely N-dealkylation sites (N-methyl/N-ethyl adjacent to an activating group) is 1. The lowest BCUT2D eigenvalue weighted by Gasteiger charge is -2.31. The zero-order valence-corrected chi connectivity index (χ0v) is 13.2. The van der Waals surface area contributed by atoms with Gasteiger partial charge >= 0.3 is 0 Å². The molecule has 116 valence electrons. The van der Waals surface area contributed by atoms with Crippen molar-refractivity contribution in [3.05, 3.63) is 29.3 Å². The highest BCUT2D eigenvalue weighted by molar-refractivity contribution is 5.45. The van der Waals surface area contributed by atoms with E-state index in [-0.39, 0.29) is 12.1 Å². The molecule has 0 aromatic heterocycles. The summed E-state index contributed by atoms with van der Waals surface area (Å²) in [5.74, 6) is 1.81. The molecule has 3 nitrogen and oxygen atoms in total. The van der Waals surface area contributed by atoms with E-state index in [1.807, 2.05) is 0 Å². The van der Waals surface area contributed by atoms with E-state index in [4.69, 9.17) is 9.47 Å². The third-order valence-electron chi connectivity index (χ3n) is 4.50. The zero-order chi connectivity index (χ0) is 14.7. The Bertz CT molecular complexity index is 470. The maximum atomic E-state index is 6.11. The molecule has 21 heavy (non-hydrogen) atoms. The summed E-state index contributed by atoms with van der Waals surface area (Å²) in [6, 6.07) is 6.83. The van der Waals surface area contributed by atoms with Crippen molar-refractivity contribution in [3.8, 4) is 5.75 Å². The van der Waals surface area contributed by atoms with Crippen LogP contribution in [0.15, 0.2) is 18.2 Å². The topological polar surface area (TPSA) is 30.5 Å². The summed E-state index contributed by atoms with van der Waals surface area (Å²) in [5, 5.41) is 3.65. The number of fused-ring (bicyclic) bond motifs is 1. The third-order valence-corrected chi connectivity index (χ3v) is 4.50. The summed E-state index contributed by atoms with van der Waals surface area (Å²) < 4.78 is 12.1. The van der Waals surface area contributed by atoms with Crippen LogP contribution in [0.5, 0.6) is 5.75 Å². The fourth-order valence-corrected chi connectivity index (χ4v) is 3.40. The van der Waals surface area contributed by atoms with Gasteiger partial charge in [-0.25, -0.2) is 0 Å². The molecule has 1 saturated carbocycles. The van der Waals surface area contributed by atoms with Gasteiger partial charge in [0.05, 0.1) is 18.8 Å². The predicted molar refractivity (Wildman–Crippen MR) is 84.8 cm³/mol. The second-order valence-electron chi connectivity index (χ2n) is 6.08. The van der Waals surface area contributed by atoms with Gasteiger partial charge in [-0.05, 0) is 50.6 Å². The summed E-state index contributed by atoms with van der Waals surface area (Å²) in [5.41, 5.74) is 2.65. The molecule has 3 heteroatoms. The lowest BCUT2D eigenvalue weighted by atomic mass is 9.93. The Balaban J connectivity index is 1.92. The zero-order valence-electron chi connectivity index (χ0n) is 13.2. The van der Waals surface area contributed by atoms with E-state index in [2.05, 4.69) is 37.4 Å². The number of benzene rings is 1. The summed E-state index contributed by atoms with van der Waals surface area (Å²) in [6.07, 6.45) is 5.11. The molecule has 0 radical (unpaired) electrons. The van der Waals surface area contributed by atoms with Gasteiger partial charge in [0.25, 0.3) is 0 Å². The van der Waals surface area contributed by atoms with Crippen molar-refractivity contribution in [3.63, 3.8) is 0 Å². The monoisotopic (exact) mass is 289 g/mol. The molecule has 2 atom stereocenters. The number of ether oxygens (including phenoxy) is 2. The maximum Gasteiger partial charge on any atom is 0.127 e. The molecular weight excluding hydrogens is 262 g/mol. The Morgan fingerprint density at radius 3 is 2.90 bits per heavy atom. The number of aryl methyl sites for hydroxylation is 1. The van der Waals surface area contributed by atoms with Crippen molar-refractivity contribution in [2.45, 2.75) is 51.7 Å². The normalized spacial score (nSPS) is 20.5. The van der Waals surface area contributed by atoms with E-state index in [0.29, 0.717) is 5.92 Å². The van der Waals surface area contributed by atoms with Gasteiger partial charge in [0.2, 0.25) is 0 Å². The molecule has 1 N–H and O–H groups in total. The smallest absolute Gasteiger partial charge is 0.127 e. The average molecular weight is 289 g/mol. The lowest BCUT2D eigenvalue weighted by Crippen LogP contribution is -2.36. The first-order valence-electron chi connectivity index (χ1n) is 8.44. The third kappa shape index (κ3) is 3.24. The predicted octanol–water partition coefficient (Wildman–Crippen LogP) is 3.48. The van der Waals surface area contributed by atoms with Crippen LogP contribution in [0.25, 0.3) is 0 Å². The minimum absolute atomic E-state index is 0.246. The van der Waals surface area contributed by atoms with Gasteiger partial charge in [-0.3, -0.25) is 0 Å². The van der Waals surface area contributed by atoms with Gasteiger partial charge < -0.3 is 14.8 Å². The fourth-order valence-electron chi connectivity index (χ4n) is 3.40. The van der Waals surface area contributed by atoms with Crippen LogP contribution in [0.3, 0.4) is 0 Å². The first-order chi connectivity index (χ1) is 10.3. The summed E-state index contributed by atoms with van der Waals surface area (Å²) >= 11 is 0. The van der Waals surface area contributed by atoms with Crippen LogP contribution < -0.4 is 10.1 Å². The van der Waals surface area contributed by atoms with Crippen LogP contribution in [0.2, 0.25) is 0 Å². The number of hydrogen-bond acceptors (Lipinski definition) is 3. The first-order valence-corrected chi connectivity index (χ1v) is 8.44. The molecule has 2 aliphatic rings. The summed E-state index contributed by atoms with van der Waals surface area (Å²) in [7, 11) is 0. The van der Waals surface area contributed by atoms with Gasteiger partial charge in [0.15, 0.2) is 0 Å². The van der Waals surface area contributed by atoms with Gasteiger partial charge in [-0.2, -0.15) is 0 Å². The highest BCUT2D eigenvalue weighted by atomic mass is 16.5. The highest BCUT2D eigenvalue weighted by Gasteiger charge is 2.39. The Hall–Kier alpha value is -1.06. The summed E-state index contributed by atoms with van der Waals surface area (Å²) in [4.78, 5) is 0. The molecular formula is C18H27NO2. The molecule has 1 aromatic rings. The van der Waals surface area contributed by atoms with Crippen molar-refractivity contribution in [2.75, 3.05) is 19.8 Å². The Kier molecular flexibility index (Phi) is 4.81. The van der Waals surface area contributed by atoms with E-state index in [1.165, 1.54) is 24.0 Å². The molecule has 0 amide bonds. The van der Waals surface area contributed by atoms with E-state index >= 15 is 0 Å². The molecule has 3 rings (SSSR count). The second-order valence-corrected chi connectivity index (χ2v) is 6.08. The number of para-hydroxylation sites is 1. The molecule has 0 bridgehead atoms. The first kappa shape index (κ1) is 14.9. The second kappa shape index (κ2) is 6.80. The van der Waals surface area contributed by atoms with Gasteiger partial charge in [-0.1, -0.05) is 25.1 Å². The average Bonchev–Trinajstić information content (AvgIpc) is 3.35. The van der Waals surface area contributed by atoms with Crippen LogP contribution in [-0.2, 0) is 11.2 Å². The van der Waals surface area contributed by atoms with Crippen molar-refractivity contribution in [1.82, 2.24) is 5.32 Å². The molecule has 1 fully saturated rings. The largest absolute Gasteiger partial charge is 0.493 e. The number of hydrogen-bond donors (Lipinski definition) is 1. The summed E-state index contributed by atoms with van der Waals surface area (Å²) in [6.45, 7) is 6.82. The Morgan fingerprint density at radius 2 is 2.19 bits per heavy atom. The SMILES string of the molecule is CCNC(c1cccc2c1OCCC2)C(OCC)C1CC1. The standard InChI is InChI=1S/C18H27NO2/c1-3-19-16(18(20-4-2)14-10-11-14)15-9-5-7-13-8-6-12-21-17(13)15/h5,7,9,14,16,18-19H,3-4,6,8,10-12H2,1-2H3. The van der Waals surface area contributed by atoms with Crippen LogP contribution >= 0.6 is 0 Å². The molecule has 1 aromatic carbocycles. The molecule has 0 spiro atoms. The maximum absolute atomic E-state index is 6.11.